The van der Waals surface area contributed by atoms with E-state index in [1.54, 1.807) is 0 Å². The Morgan fingerprint density at radius 1 is 0.560 bits per heavy atom. The Morgan fingerprint density at radius 2 is 0.840 bits per heavy atom. The van der Waals surface area contributed by atoms with Crippen molar-refractivity contribution in [2.75, 3.05) is 0 Å². The zero-order chi connectivity index (χ0) is 18.8. The molecular formula is C21H44O3S. The standard InChI is InChI=1S/C21H44O3S/c1-3-5-7-9-11-13-15-17-19-21(25(22,23)24)20-18-16-14-12-10-8-6-4-2/h21H,3-20H2,1-2H3,(H,22,23,24). The number of rotatable bonds is 19. The van der Waals surface area contributed by atoms with Gasteiger partial charge in [-0.3, -0.25) is 4.55 Å². The predicted octanol–water partition coefficient (Wildman–Crippen LogP) is 7.30. The maximum atomic E-state index is 11.6. The maximum absolute atomic E-state index is 11.6. The fourth-order valence-electron chi connectivity index (χ4n) is 3.45. The summed E-state index contributed by atoms with van der Waals surface area (Å²) in [6.45, 7) is 4.45. The minimum absolute atomic E-state index is 0.535. The van der Waals surface area contributed by atoms with Gasteiger partial charge in [0, 0.05) is 0 Å². The summed E-state index contributed by atoms with van der Waals surface area (Å²) in [5.41, 5.74) is 0. The largest absolute Gasteiger partial charge is 0.285 e. The monoisotopic (exact) mass is 376 g/mol. The van der Waals surface area contributed by atoms with Gasteiger partial charge in [0.05, 0.1) is 5.25 Å². The fraction of sp³-hybridized carbons (Fsp3) is 1.00. The van der Waals surface area contributed by atoms with Crippen LogP contribution in [0.1, 0.15) is 129 Å². The second kappa shape index (κ2) is 17.3. The van der Waals surface area contributed by atoms with Crippen LogP contribution in [-0.4, -0.2) is 18.2 Å². The Morgan fingerprint density at radius 3 is 1.12 bits per heavy atom. The van der Waals surface area contributed by atoms with Gasteiger partial charge in [-0.1, -0.05) is 117 Å². The molecular weight excluding hydrogens is 332 g/mol. The molecule has 0 unspecified atom stereocenters. The Bertz CT molecular complexity index is 345. The van der Waals surface area contributed by atoms with Gasteiger partial charge >= 0.3 is 0 Å². The van der Waals surface area contributed by atoms with Crippen molar-refractivity contribution in [2.45, 2.75) is 135 Å². The third kappa shape index (κ3) is 17.1. The fourth-order valence-corrected chi connectivity index (χ4v) is 4.38. The zero-order valence-electron chi connectivity index (χ0n) is 17.0. The van der Waals surface area contributed by atoms with Crippen LogP contribution >= 0.6 is 0 Å². The molecule has 0 aliphatic carbocycles. The summed E-state index contributed by atoms with van der Waals surface area (Å²) in [5, 5.41) is -0.535. The van der Waals surface area contributed by atoms with Crippen molar-refractivity contribution in [3.8, 4) is 0 Å². The number of hydrogen-bond donors (Lipinski definition) is 1. The van der Waals surface area contributed by atoms with Crippen molar-refractivity contribution in [2.24, 2.45) is 0 Å². The first-order valence-electron chi connectivity index (χ1n) is 11.0. The van der Waals surface area contributed by atoms with Gasteiger partial charge in [-0.15, -0.1) is 0 Å². The van der Waals surface area contributed by atoms with E-state index in [1.807, 2.05) is 0 Å². The Balaban J connectivity index is 3.70. The van der Waals surface area contributed by atoms with Crippen molar-refractivity contribution in [3.05, 3.63) is 0 Å². The van der Waals surface area contributed by atoms with Crippen LogP contribution in [0, 0.1) is 0 Å². The summed E-state index contributed by atoms with van der Waals surface area (Å²) >= 11 is 0. The van der Waals surface area contributed by atoms with Crippen LogP contribution in [-0.2, 0) is 10.1 Å². The Hall–Kier alpha value is -0.0900. The molecule has 0 fully saturated rings. The van der Waals surface area contributed by atoms with Gasteiger partial charge in [0.25, 0.3) is 10.1 Å². The second-order valence-corrected chi connectivity index (χ2v) is 9.36. The minimum atomic E-state index is -3.87. The van der Waals surface area contributed by atoms with E-state index in [4.69, 9.17) is 0 Å². The molecule has 4 heteroatoms. The molecule has 0 aromatic rings. The molecule has 1 N–H and O–H groups in total. The highest BCUT2D eigenvalue weighted by Gasteiger charge is 2.21. The van der Waals surface area contributed by atoms with E-state index in [0.29, 0.717) is 12.8 Å². The summed E-state index contributed by atoms with van der Waals surface area (Å²) in [6, 6.07) is 0. The normalized spacial score (nSPS) is 12.2. The topological polar surface area (TPSA) is 54.4 Å². The van der Waals surface area contributed by atoms with Crippen LogP contribution in [0.25, 0.3) is 0 Å². The van der Waals surface area contributed by atoms with Gasteiger partial charge in [0.2, 0.25) is 0 Å². The van der Waals surface area contributed by atoms with Crippen LogP contribution in [0.15, 0.2) is 0 Å². The van der Waals surface area contributed by atoms with Gasteiger partial charge in [0.15, 0.2) is 0 Å². The quantitative estimate of drug-likeness (QED) is 0.190. The molecule has 0 saturated carbocycles. The average molecular weight is 377 g/mol. The summed E-state index contributed by atoms with van der Waals surface area (Å²) in [5.74, 6) is 0. The first-order valence-corrected chi connectivity index (χ1v) is 12.5. The van der Waals surface area contributed by atoms with E-state index in [9.17, 15) is 13.0 Å². The lowest BCUT2D eigenvalue weighted by molar-refractivity contribution is 0.442. The summed E-state index contributed by atoms with van der Waals surface area (Å²) in [4.78, 5) is 0. The van der Waals surface area contributed by atoms with Gasteiger partial charge in [-0.25, -0.2) is 0 Å². The summed E-state index contributed by atoms with van der Waals surface area (Å²) in [6.07, 6.45) is 20.6. The minimum Gasteiger partial charge on any atom is -0.285 e. The van der Waals surface area contributed by atoms with E-state index in [2.05, 4.69) is 13.8 Å². The third-order valence-electron chi connectivity index (χ3n) is 5.18. The molecule has 0 radical (unpaired) electrons. The van der Waals surface area contributed by atoms with Crippen LogP contribution in [0.4, 0.5) is 0 Å². The molecule has 0 heterocycles. The first-order chi connectivity index (χ1) is 12.0. The second-order valence-electron chi connectivity index (χ2n) is 7.66. The predicted molar refractivity (Wildman–Crippen MR) is 110 cm³/mol. The van der Waals surface area contributed by atoms with Crippen molar-refractivity contribution in [1.82, 2.24) is 0 Å². The highest BCUT2D eigenvalue weighted by atomic mass is 32.2. The molecule has 0 aliphatic heterocycles. The lowest BCUT2D eigenvalue weighted by atomic mass is 10.0. The van der Waals surface area contributed by atoms with Crippen molar-refractivity contribution >= 4 is 10.1 Å². The molecule has 0 amide bonds. The molecule has 0 aromatic carbocycles. The van der Waals surface area contributed by atoms with Crippen molar-refractivity contribution in [1.29, 1.82) is 0 Å². The lowest BCUT2D eigenvalue weighted by Gasteiger charge is -2.13. The highest BCUT2D eigenvalue weighted by molar-refractivity contribution is 7.86. The van der Waals surface area contributed by atoms with Crippen LogP contribution in [0.3, 0.4) is 0 Å². The van der Waals surface area contributed by atoms with Crippen LogP contribution < -0.4 is 0 Å². The molecule has 0 bridgehead atoms. The third-order valence-corrected chi connectivity index (χ3v) is 6.49. The lowest BCUT2D eigenvalue weighted by Crippen LogP contribution is -2.20. The van der Waals surface area contributed by atoms with Crippen molar-refractivity contribution in [3.63, 3.8) is 0 Å². The van der Waals surface area contributed by atoms with Gasteiger partial charge in [-0.05, 0) is 12.8 Å². The van der Waals surface area contributed by atoms with Gasteiger partial charge in [-0.2, -0.15) is 8.42 Å². The molecule has 0 saturated heterocycles. The number of hydrogen-bond acceptors (Lipinski definition) is 2. The van der Waals surface area contributed by atoms with E-state index in [-0.39, 0.29) is 0 Å². The average Bonchev–Trinajstić information content (AvgIpc) is 2.56. The summed E-state index contributed by atoms with van der Waals surface area (Å²) < 4.78 is 32.6. The van der Waals surface area contributed by atoms with E-state index >= 15 is 0 Å². The Labute approximate surface area is 158 Å². The van der Waals surface area contributed by atoms with E-state index < -0.39 is 15.4 Å². The molecule has 3 nitrogen and oxygen atoms in total. The molecule has 0 atom stereocenters. The molecule has 0 aliphatic rings. The van der Waals surface area contributed by atoms with Gasteiger partial charge < -0.3 is 0 Å². The Kier molecular flexibility index (Phi) is 17.3. The maximum Gasteiger partial charge on any atom is 0.267 e. The molecule has 0 rings (SSSR count). The zero-order valence-corrected chi connectivity index (χ0v) is 17.8. The molecule has 152 valence electrons. The molecule has 25 heavy (non-hydrogen) atoms. The van der Waals surface area contributed by atoms with Crippen molar-refractivity contribution < 1.29 is 13.0 Å². The summed E-state index contributed by atoms with van der Waals surface area (Å²) in [7, 11) is -3.87. The van der Waals surface area contributed by atoms with Crippen LogP contribution in [0.5, 0.6) is 0 Å². The van der Waals surface area contributed by atoms with E-state index in [0.717, 1.165) is 25.7 Å². The van der Waals surface area contributed by atoms with Crippen LogP contribution in [0.2, 0.25) is 0 Å². The number of unbranched alkanes of at least 4 members (excludes halogenated alkanes) is 14. The molecule has 0 aromatic heterocycles. The smallest absolute Gasteiger partial charge is 0.267 e. The first kappa shape index (κ1) is 24.9. The highest BCUT2D eigenvalue weighted by Crippen LogP contribution is 2.19. The SMILES string of the molecule is CCCCCCCCCCC(CCCCCCCCCC)S(=O)(=O)O. The van der Waals surface area contributed by atoms with Gasteiger partial charge in [0.1, 0.15) is 0 Å². The molecule has 0 spiro atoms. The van der Waals surface area contributed by atoms with E-state index in [1.165, 1.54) is 77.0 Å².